The molecular weight excluding hydrogens is 354 g/mol. The zero-order chi connectivity index (χ0) is 17.8. The fourth-order valence-corrected chi connectivity index (χ4v) is 3.95. The molecule has 0 saturated carbocycles. The van der Waals surface area contributed by atoms with Gasteiger partial charge in [-0.1, -0.05) is 23.5 Å². The van der Waals surface area contributed by atoms with Crippen LogP contribution >= 0.6 is 23.1 Å². The maximum Gasteiger partial charge on any atom is 0.239 e. The minimum absolute atomic E-state index is 0.0880. The lowest BCUT2D eigenvalue weighted by Crippen LogP contribution is -2.22. The summed E-state index contributed by atoms with van der Waals surface area (Å²) in [5, 5.41) is 5.94. The number of thioether (sulfide) groups is 1. The van der Waals surface area contributed by atoms with Gasteiger partial charge in [-0.2, -0.15) is 0 Å². The molecule has 1 unspecified atom stereocenters. The summed E-state index contributed by atoms with van der Waals surface area (Å²) in [6.45, 7) is 3.33. The SMILES string of the molecule is CC(=O)Nc1ccc(SC(C)C(=O)Nc2nc3ccccc3s2)cc1. The van der Waals surface area contributed by atoms with Crippen molar-refractivity contribution in [3.05, 3.63) is 48.5 Å². The number of anilines is 2. The molecule has 1 aromatic heterocycles. The second-order valence-electron chi connectivity index (χ2n) is 5.44. The van der Waals surface area contributed by atoms with Crippen LogP contribution in [0.25, 0.3) is 10.2 Å². The summed E-state index contributed by atoms with van der Waals surface area (Å²) in [5.41, 5.74) is 1.63. The molecular formula is C18H17N3O2S2. The van der Waals surface area contributed by atoms with Gasteiger partial charge < -0.3 is 10.6 Å². The molecule has 25 heavy (non-hydrogen) atoms. The minimum atomic E-state index is -0.265. The third kappa shape index (κ3) is 4.58. The number of carbonyl (C=O) groups excluding carboxylic acids is 2. The first kappa shape index (κ1) is 17.4. The number of nitrogens with zero attached hydrogens (tertiary/aromatic N) is 1. The number of nitrogens with one attached hydrogen (secondary N) is 2. The number of rotatable bonds is 5. The van der Waals surface area contributed by atoms with Crippen molar-refractivity contribution in [1.29, 1.82) is 0 Å². The van der Waals surface area contributed by atoms with Crippen LogP contribution in [-0.4, -0.2) is 22.0 Å². The first-order chi connectivity index (χ1) is 12.0. The summed E-state index contributed by atoms with van der Waals surface area (Å²) in [6, 6.07) is 15.2. The molecule has 3 aromatic rings. The molecule has 7 heteroatoms. The number of amides is 2. The van der Waals surface area contributed by atoms with Crippen molar-refractivity contribution in [3.63, 3.8) is 0 Å². The predicted molar refractivity (Wildman–Crippen MR) is 104 cm³/mol. The van der Waals surface area contributed by atoms with Crippen LogP contribution in [0.2, 0.25) is 0 Å². The Balaban J connectivity index is 1.61. The van der Waals surface area contributed by atoms with Crippen molar-refractivity contribution >= 4 is 55.9 Å². The van der Waals surface area contributed by atoms with Gasteiger partial charge in [0.25, 0.3) is 0 Å². The van der Waals surface area contributed by atoms with Crippen molar-refractivity contribution in [3.8, 4) is 0 Å². The average Bonchev–Trinajstić information content (AvgIpc) is 2.98. The van der Waals surface area contributed by atoms with E-state index in [9.17, 15) is 9.59 Å². The third-order valence-corrected chi connectivity index (χ3v) is 5.44. The molecule has 2 N–H and O–H groups in total. The van der Waals surface area contributed by atoms with Crippen LogP contribution in [-0.2, 0) is 9.59 Å². The number of carbonyl (C=O) groups is 2. The van der Waals surface area contributed by atoms with E-state index in [1.54, 1.807) is 0 Å². The predicted octanol–water partition coefficient (Wildman–Crippen LogP) is 4.37. The Kier molecular flexibility index (Phi) is 5.35. The minimum Gasteiger partial charge on any atom is -0.326 e. The molecule has 0 saturated heterocycles. The first-order valence-corrected chi connectivity index (χ1v) is 9.41. The highest BCUT2D eigenvalue weighted by molar-refractivity contribution is 8.00. The third-order valence-electron chi connectivity index (χ3n) is 3.38. The van der Waals surface area contributed by atoms with Crippen LogP contribution in [0, 0.1) is 0 Å². The molecule has 5 nitrogen and oxygen atoms in total. The fraction of sp³-hybridized carbons (Fsp3) is 0.167. The quantitative estimate of drug-likeness (QED) is 0.653. The molecule has 2 amide bonds. The summed E-state index contributed by atoms with van der Waals surface area (Å²) in [6.07, 6.45) is 0. The zero-order valence-corrected chi connectivity index (χ0v) is 15.4. The Morgan fingerprint density at radius 2 is 1.80 bits per heavy atom. The fourth-order valence-electron chi connectivity index (χ4n) is 2.21. The molecule has 0 aliphatic heterocycles. The lowest BCUT2D eigenvalue weighted by molar-refractivity contribution is -0.115. The lowest BCUT2D eigenvalue weighted by atomic mass is 10.3. The topological polar surface area (TPSA) is 71.1 Å². The van der Waals surface area contributed by atoms with E-state index in [1.807, 2.05) is 55.5 Å². The normalized spacial score (nSPS) is 11.9. The largest absolute Gasteiger partial charge is 0.326 e. The van der Waals surface area contributed by atoms with Crippen LogP contribution in [0.5, 0.6) is 0 Å². The molecule has 128 valence electrons. The van der Waals surface area contributed by atoms with Crippen molar-refractivity contribution in [2.24, 2.45) is 0 Å². The molecule has 0 aliphatic carbocycles. The van der Waals surface area contributed by atoms with E-state index >= 15 is 0 Å². The number of hydrogen-bond acceptors (Lipinski definition) is 5. The lowest BCUT2D eigenvalue weighted by Gasteiger charge is -2.11. The Hall–Kier alpha value is -2.38. The van der Waals surface area contributed by atoms with E-state index in [1.165, 1.54) is 30.0 Å². The van der Waals surface area contributed by atoms with Crippen LogP contribution in [0.3, 0.4) is 0 Å². The molecule has 0 radical (unpaired) electrons. The second kappa shape index (κ2) is 7.67. The van der Waals surface area contributed by atoms with Gasteiger partial charge in [-0.15, -0.1) is 11.8 Å². The second-order valence-corrected chi connectivity index (χ2v) is 7.89. The highest BCUT2D eigenvalue weighted by atomic mass is 32.2. The van der Waals surface area contributed by atoms with Crippen molar-refractivity contribution < 1.29 is 9.59 Å². The van der Waals surface area contributed by atoms with Gasteiger partial charge in [0, 0.05) is 17.5 Å². The zero-order valence-electron chi connectivity index (χ0n) is 13.8. The van der Waals surface area contributed by atoms with E-state index in [2.05, 4.69) is 15.6 Å². The Labute approximate surface area is 153 Å². The summed E-state index contributed by atoms with van der Waals surface area (Å²) in [4.78, 5) is 28.8. The Morgan fingerprint density at radius 1 is 1.08 bits per heavy atom. The summed E-state index contributed by atoms with van der Waals surface area (Å²) in [5.74, 6) is -0.195. The van der Waals surface area contributed by atoms with Gasteiger partial charge in [-0.05, 0) is 43.3 Å². The Morgan fingerprint density at radius 3 is 2.48 bits per heavy atom. The first-order valence-electron chi connectivity index (χ1n) is 7.72. The molecule has 3 rings (SSSR count). The summed E-state index contributed by atoms with van der Waals surface area (Å²) >= 11 is 2.92. The van der Waals surface area contributed by atoms with Gasteiger partial charge in [-0.3, -0.25) is 9.59 Å². The van der Waals surface area contributed by atoms with Gasteiger partial charge in [0.2, 0.25) is 11.8 Å². The maximum atomic E-state index is 12.4. The number of thiazole rings is 1. The Bertz CT molecular complexity index is 873. The maximum absolute atomic E-state index is 12.4. The molecule has 1 heterocycles. The van der Waals surface area contributed by atoms with Gasteiger partial charge in [0.15, 0.2) is 5.13 Å². The van der Waals surface area contributed by atoms with E-state index < -0.39 is 0 Å². The van der Waals surface area contributed by atoms with E-state index in [-0.39, 0.29) is 17.1 Å². The standard InChI is InChI=1S/C18H17N3O2S2/c1-11(24-14-9-7-13(8-10-14)19-12(2)22)17(23)21-18-20-15-5-3-4-6-16(15)25-18/h3-11H,1-2H3,(H,19,22)(H,20,21,23). The van der Waals surface area contributed by atoms with Crippen molar-refractivity contribution in [2.45, 2.75) is 24.0 Å². The monoisotopic (exact) mass is 371 g/mol. The number of hydrogen-bond donors (Lipinski definition) is 2. The van der Waals surface area contributed by atoms with Gasteiger partial charge in [-0.25, -0.2) is 4.98 Å². The smallest absolute Gasteiger partial charge is 0.239 e. The van der Waals surface area contributed by atoms with Crippen molar-refractivity contribution in [2.75, 3.05) is 10.6 Å². The number of aromatic nitrogens is 1. The van der Waals surface area contributed by atoms with Crippen LogP contribution < -0.4 is 10.6 Å². The molecule has 0 aliphatic rings. The summed E-state index contributed by atoms with van der Waals surface area (Å²) in [7, 11) is 0. The van der Waals surface area contributed by atoms with Crippen LogP contribution in [0.15, 0.2) is 53.4 Å². The van der Waals surface area contributed by atoms with Gasteiger partial charge >= 0.3 is 0 Å². The molecule has 2 aromatic carbocycles. The van der Waals surface area contributed by atoms with Gasteiger partial charge in [0.05, 0.1) is 15.5 Å². The van der Waals surface area contributed by atoms with Crippen LogP contribution in [0.4, 0.5) is 10.8 Å². The highest BCUT2D eigenvalue weighted by Gasteiger charge is 2.16. The number of para-hydroxylation sites is 1. The van der Waals surface area contributed by atoms with E-state index in [0.717, 1.165) is 20.8 Å². The molecule has 1 atom stereocenters. The average molecular weight is 371 g/mol. The number of fused-ring (bicyclic) bond motifs is 1. The number of benzene rings is 2. The molecule has 0 spiro atoms. The molecule has 0 bridgehead atoms. The summed E-state index contributed by atoms with van der Waals surface area (Å²) < 4.78 is 1.05. The van der Waals surface area contributed by atoms with Crippen molar-refractivity contribution in [1.82, 2.24) is 4.98 Å². The van der Waals surface area contributed by atoms with Gasteiger partial charge in [0.1, 0.15) is 0 Å². The van der Waals surface area contributed by atoms with Crippen LogP contribution in [0.1, 0.15) is 13.8 Å². The van der Waals surface area contributed by atoms with E-state index in [0.29, 0.717) is 5.13 Å². The highest BCUT2D eigenvalue weighted by Crippen LogP contribution is 2.28. The molecule has 0 fully saturated rings. The van der Waals surface area contributed by atoms with E-state index in [4.69, 9.17) is 0 Å².